The number of carbonyl (C=O) groups is 8. The molecule has 0 fully saturated rings. The van der Waals surface area contributed by atoms with Gasteiger partial charge in [-0.2, -0.15) is 0 Å². The fourth-order valence-electron chi connectivity index (χ4n) is 11.6. The summed E-state index contributed by atoms with van der Waals surface area (Å²) >= 11 is 0. The maximum atomic E-state index is 14.6. The van der Waals surface area contributed by atoms with Gasteiger partial charge in [-0.1, -0.05) is 68.8 Å². The number of benzene rings is 5. The molecule has 22 heteroatoms. The topological polar surface area (TPSA) is 264 Å². The van der Waals surface area contributed by atoms with E-state index in [4.69, 9.17) is 23.7 Å². The maximum absolute atomic E-state index is 14.6. The van der Waals surface area contributed by atoms with Crippen molar-refractivity contribution in [3.05, 3.63) is 137 Å². The third-order valence-corrected chi connectivity index (χ3v) is 16.3. The van der Waals surface area contributed by atoms with E-state index in [0.29, 0.717) is 91.4 Å². The van der Waals surface area contributed by atoms with Gasteiger partial charge in [0.05, 0.1) is 62.0 Å². The summed E-state index contributed by atoms with van der Waals surface area (Å²) in [6.07, 6.45) is 4.69. The van der Waals surface area contributed by atoms with Crippen LogP contribution in [0.2, 0.25) is 0 Å². The minimum atomic E-state index is -1.56. The lowest BCUT2D eigenvalue weighted by atomic mass is 10.0. The van der Waals surface area contributed by atoms with E-state index in [1.165, 1.54) is 43.2 Å². The summed E-state index contributed by atoms with van der Waals surface area (Å²) in [5.74, 6) is -1.52. The molecule has 5 N–H and O–H groups in total. The number of amides is 8. The number of imide groups is 1. The van der Waals surface area contributed by atoms with Crippen LogP contribution in [0.1, 0.15) is 103 Å². The number of para-hydroxylation sites is 2. The summed E-state index contributed by atoms with van der Waals surface area (Å²) in [4.78, 5) is 112. The number of unbranched alkanes of at least 4 members (excludes halogenated alkanes) is 4. The molecule has 1 unspecified atom stereocenters. The lowest BCUT2D eigenvalue weighted by Gasteiger charge is -2.32. The van der Waals surface area contributed by atoms with Crippen LogP contribution in [0.3, 0.4) is 0 Å². The van der Waals surface area contributed by atoms with Crippen LogP contribution in [-0.4, -0.2) is 128 Å². The Morgan fingerprint density at radius 2 is 1.26 bits per heavy atom. The zero-order chi connectivity index (χ0) is 61.5. The number of aliphatic hydroxyl groups excluding tert-OH is 1. The molecule has 0 radical (unpaired) electrons. The molecule has 0 saturated heterocycles. The summed E-state index contributed by atoms with van der Waals surface area (Å²) in [5.41, 5.74) is 5.75. The number of anilines is 5. The second-order valence-electron chi connectivity index (χ2n) is 22.5. The maximum Gasteiger partial charge on any atom is 0.416 e. The van der Waals surface area contributed by atoms with Gasteiger partial charge in [0, 0.05) is 60.9 Å². The molecule has 5 aromatic carbocycles. The molecule has 22 nitrogen and oxygen atoms in total. The molecule has 5 aliphatic heterocycles. The molecule has 10 rings (SSSR count). The molecular formula is C65H72N8O14. The molecule has 5 heterocycles. The molecule has 87 heavy (non-hydrogen) atoms. The van der Waals surface area contributed by atoms with Gasteiger partial charge < -0.3 is 59.9 Å². The molecule has 5 aromatic rings. The van der Waals surface area contributed by atoms with Crippen molar-refractivity contribution in [2.24, 2.45) is 5.92 Å². The van der Waals surface area contributed by atoms with E-state index in [0.717, 1.165) is 33.0 Å². The minimum absolute atomic E-state index is 0.0121. The molecule has 0 aromatic heterocycles. The van der Waals surface area contributed by atoms with Crippen molar-refractivity contribution >= 4 is 75.9 Å². The van der Waals surface area contributed by atoms with Crippen LogP contribution in [0.4, 0.5) is 33.2 Å². The first kappa shape index (κ1) is 60.7. The van der Waals surface area contributed by atoms with Crippen molar-refractivity contribution in [3.8, 4) is 23.0 Å². The minimum Gasteiger partial charge on any atom is -0.493 e. The molecule has 8 amide bonds. The van der Waals surface area contributed by atoms with Crippen molar-refractivity contribution in [1.29, 1.82) is 0 Å². The highest BCUT2D eigenvalue weighted by molar-refractivity contribution is 6.15. The third kappa shape index (κ3) is 13.2. The largest absolute Gasteiger partial charge is 0.493 e. The van der Waals surface area contributed by atoms with Crippen LogP contribution < -0.4 is 54.9 Å². The van der Waals surface area contributed by atoms with Crippen LogP contribution in [0.25, 0.3) is 0 Å². The van der Waals surface area contributed by atoms with E-state index in [9.17, 15) is 43.5 Å². The van der Waals surface area contributed by atoms with E-state index in [-0.39, 0.29) is 90.9 Å². The van der Waals surface area contributed by atoms with Crippen LogP contribution in [0.5, 0.6) is 23.0 Å². The summed E-state index contributed by atoms with van der Waals surface area (Å²) in [6, 6.07) is 25.6. The van der Waals surface area contributed by atoms with Crippen LogP contribution >= 0.6 is 0 Å². The van der Waals surface area contributed by atoms with Gasteiger partial charge >= 0.3 is 6.09 Å². The molecule has 456 valence electrons. The third-order valence-electron chi connectivity index (χ3n) is 16.3. The number of nitrogens with zero attached hydrogens (tertiary/aromatic N) is 4. The Hall–Kier alpha value is -9.44. The lowest BCUT2D eigenvalue weighted by Crippen LogP contribution is -2.53. The molecule has 0 spiro atoms. The van der Waals surface area contributed by atoms with Gasteiger partial charge in [0.15, 0.2) is 29.2 Å². The number of nitrogens with one attached hydrogen (secondary N) is 4. The van der Waals surface area contributed by atoms with Gasteiger partial charge in [-0.3, -0.25) is 38.5 Å². The number of fused-ring (bicyclic) bond motifs is 8. The molecular weight excluding hydrogens is 1120 g/mol. The monoisotopic (exact) mass is 1190 g/mol. The summed E-state index contributed by atoms with van der Waals surface area (Å²) in [5, 5.41) is 23.9. The smallest absolute Gasteiger partial charge is 0.416 e. The average Bonchev–Trinajstić information content (AvgIpc) is 1.71. The predicted molar refractivity (Wildman–Crippen MR) is 323 cm³/mol. The highest BCUT2D eigenvalue weighted by atomic mass is 16.6. The zero-order valence-electron chi connectivity index (χ0n) is 49.3. The van der Waals surface area contributed by atoms with E-state index in [1.54, 1.807) is 63.4 Å². The Labute approximate surface area is 504 Å². The Balaban J connectivity index is 0.733. The number of hydrogen-bond acceptors (Lipinski definition) is 15. The standard InChI is InChI=1S/C65H72N8O14/c1-38(2)59(69-56(74)20-8-6-13-27-70-57(75)25-26-58(70)76)61(78)67-39(3)60(77)68-43-23-21-40(22-24-43)37-87-65(82)73-50-35-55(53(84-5)33-46(50)63(80)72-49-19-12-10-17-42(49)31-51(72)64(73)81)86-29-15-7-14-28-85-54-34-47-45(32-52(54)83-4)62(79)71-44(36-66-47)30-41-16-9-11-18-48(41)71/h9-12,16-19,21-26,32-35,38-39,44,51,59,64,66,81H,6-8,13-15,20,27-31,36-37H2,1-5H3,(H,67,78)(H,68,77)(H,69,74)/t39-,44-,51-,59-,64?/m0/s1. The van der Waals surface area contributed by atoms with E-state index < -0.39 is 48.2 Å². The fraction of sp³-hybridized carbons (Fsp3) is 0.385. The van der Waals surface area contributed by atoms with Crippen molar-refractivity contribution in [2.75, 3.05) is 65.9 Å². The second kappa shape index (κ2) is 26.9. The number of methoxy groups -OCH3 is 2. The molecule has 5 atom stereocenters. The first-order valence-corrected chi connectivity index (χ1v) is 29.5. The highest BCUT2D eigenvalue weighted by Crippen LogP contribution is 2.45. The van der Waals surface area contributed by atoms with Crippen LogP contribution in [0.15, 0.2) is 109 Å². The van der Waals surface area contributed by atoms with Gasteiger partial charge in [0.25, 0.3) is 23.6 Å². The molecule has 0 bridgehead atoms. The van der Waals surface area contributed by atoms with Gasteiger partial charge in [-0.15, -0.1) is 0 Å². The SMILES string of the molecule is COc1cc2c(cc1OCCCCCOc1cc3c(cc1OC)C(=O)N1c4ccccc4C[C@H]1C(O)N3C(=O)OCc1ccc(NC(=O)[C@H](C)NC(=O)[C@@H](NC(=O)CCCCCN3C(=O)C=CC3=O)C(C)C)cc1)NC[C@@H]1Cc3ccccc3N1C2=O. The van der Waals surface area contributed by atoms with E-state index in [2.05, 4.69) is 27.3 Å². The normalized spacial score (nSPS) is 17.8. The van der Waals surface area contributed by atoms with E-state index in [1.807, 2.05) is 41.3 Å². The van der Waals surface area contributed by atoms with Crippen LogP contribution in [-0.2, 0) is 48.2 Å². The van der Waals surface area contributed by atoms with Gasteiger partial charge in [0.1, 0.15) is 18.7 Å². The quantitative estimate of drug-likeness (QED) is 0.0297. The van der Waals surface area contributed by atoms with Gasteiger partial charge in [-0.05, 0) is 111 Å². The summed E-state index contributed by atoms with van der Waals surface area (Å²) in [7, 11) is 3.00. The number of carbonyl (C=O) groups excluding carboxylic acids is 8. The number of ether oxygens (including phenoxy) is 5. The molecule has 0 aliphatic carbocycles. The Morgan fingerprint density at radius 1 is 0.655 bits per heavy atom. The van der Waals surface area contributed by atoms with Gasteiger partial charge in [-0.25, -0.2) is 9.69 Å². The summed E-state index contributed by atoms with van der Waals surface area (Å²) < 4.78 is 29.9. The van der Waals surface area contributed by atoms with Crippen LogP contribution in [0, 0.1) is 5.92 Å². The number of aliphatic hydroxyl groups is 1. The number of hydrogen-bond donors (Lipinski definition) is 5. The zero-order valence-corrected chi connectivity index (χ0v) is 49.3. The molecule has 0 saturated carbocycles. The van der Waals surface area contributed by atoms with Crippen molar-refractivity contribution in [3.63, 3.8) is 0 Å². The first-order valence-electron chi connectivity index (χ1n) is 29.5. The van der Waals surface area contributed by atoms with Crippen molar-refractivity contribution in [1.82, 2.24) is 15.5 Å². The van der Waals surface area contributed by atoms with Gasteiger partial charge in [0.2, 0.25) is 17.7 Å². The second-order valence-corrected chi connectivity index (χ2v) is 22.5. The Morgan fingerprint density at radius 3 is 1.93 bits per heavy atom. The first-order chi connectivity index (χ1) is 42.0. The van der Waals surface area contributed by atoms with Crippen molar-refractivity contribution in [2.45, 2.75) is 116 Å². The van der Waals surface area contributed by atoms with E-state index >= 15 is 0 Å². The summed E-state index contributed by atoms with van der Waals surface area (Å²) in [6.45, 7) is 6.25. The fourth-order valence-corrected chi connectivity index (χ4v) is 11.6. The average molecular weight is 1190 g/mol. The van der Waals surface area contributed by atoms with Crippen molar-refractivity contribution < 1.29 is 67.1 Å². The highest BCUT2D eigenvalue weighted by Gasteiger charge is 2.48. The Bertz CT molecular complexity index is 3480. The number of rotatable bonds is 24. The lowest BCUT2D eigenvalue weighted by molar-refractivity contribution is -0.137. The Kier molecular flexibility index (Phi) is 18.7. The molecule has 5 aliphatic rings. The predicted octanol–water partition coefficient (Wildman–Crippen LogP) is 7.45.